The van der Waals surface area contributed by atoms with Crippen molar-refractivity contribution in [3.05, 3.63) is 0 Å². The van der Waals surface area contributed by atoms with E-state index in [0.717, 1.165) is 32.6 Å². The van der Waals surface area contributed by atoms with Crippen LogP contribution in [-0.4, -0.2) is 65.5 Å². The van der Waals surface area contributed by atoms with E-state index in [-0.39, 0.29) is 18.5 Å². The topological polar surface area (TPSA) is 105 Å². The maximum absolute atomic E-state index is 11.4. The van der Waals surface area contributed by atoms with Crippen LogP contribution in [0.5, 0.6) is 0 Å². The molecule has 0 spiro atoms. The highest BCUT2D eigenvalue weighted by Crippen LogP contribution is 2.09. The van der Waals surface area contributed by atoms with Crippen molar-refractivity contribution in [2.45, 2.75) is 19.4 Å². The number of thiocarbonyl (C=S) groups is 1. The van der Waals surface area contributed by atoms with Gasteiger partial charge < -0.3 is 11.5 Å². The molecule has 1 atom stereocenters. The minimum atomic E-state index is -0.817. The Hall–Kier alpha value is -1.25. The van der Waals surface area contributed by atoms with Gasteiger partial charge in [0.15, 0.2) is 0 Å². The van der Waals surface area contributed by atoms with Crippen LogP contribution >= 0.6 is 12.2 Å². The molecule has 0 bridgehead atoms. The fourth-order valence-corrected chi connectivity index (χ4v) is 2.57. The van der Waals surface area contributed by atoms with Crippen LogP contribution in [-0.2, 0) is 4.79 Å². The van der Waals surface area contributed by atoms with Crippen LogP contribution in [0.25, 0.3) is 0 Å². The lowest BCUT2D eigenvalue weighted by Gasteiger charge is -2.38. The molecular formula is C11H21N5O2S. The Bertz CT molecular complexity index is 355. The minimum Gasteiger partial charge on any atom is -0.392 e. The highest BCUT2D eigenvalue weighted by Gasteiger charge is 2.25. The molecule has 5 N–H and O–H groups in total. The summed E-state index contributed by atoms with van der Waals surface area (Å²) in [5.74, 6) is -0.373. The van der Waals surface area contributed by atoms with Gasteiger partial charge >= 0.3 is 6.03 Å². The molecule has 0 aliphatic carbocycles. The number of nitrogens with zero attached hydrogens (tertiary/aromatic N) is 2. The van der Waals surface area contributed by atoms with E-state index in [9.17, 15) is 9.59 Å². The molecule has 0 radical (unpaired) electrons. The summed E-state index contributed by atoms with van der Waals surface area (Å²) < 4.78 is 0. The van der Waals surface area contributed by atoms with E-state index in [0.29, 0.717) is 4.99 Å². The third-order valence-electron chi connectivity index (χ3n) is 3.19. The molecule has 1 rings (SSSR count). The van der Waals surface area contributed by atoms with E-state index in [2.05, 4.69) is 17.1 Å². The Balaban J connectivity index is 2.38. The molecule has 0 aromatic rings. The van der Waals surface area contributed by atoms with E-state index in [4.69, 9.17) is 23.7 Å². The first-order valence-electron chi connectivity index (χ1n) is 6.29. The van der Waals surface area contributed by atoms with Gasteiger partial charge in [-0.1, -0.05) is 19.1 Å². The smallest absolute Gasteiger partial charge is 0.318 e. The minimum absolute atomic E-state index is 0.122. The molecule has 7 nitrogen and oxygen atoms in total. The fourth-order valence-electron chi connectivity index (χ4n) is 2.25. The summed E-state index contributed by atoms with van der Waals surface area (Å²) in [5, 5.41) is 2.06. The van der Waals surface area contributed by atoms with Gasteiger partial charge in [0.2, 0.25) is 5.91 Å². The second-order valence-corrected chi connectivity index (χ2v) is 5.02. The van der Waals surface area contributed by atoms with Crippen molar-refractivity contribution in [3.63, 3.8) is 0 Å². The number of hydrogen-bond donors (Lipinski definition) is 3. The lowest BCUT2D eigenvalue weighted by Crippen LogP contribution is -2.55. The average Bonchev–Trinajstić information content (AvgIpc) is 2.30. The van der Waals surface area contributed by atoms with Crippen LogP contribution in [0, 0.1) is 0 Å². The molecule has 1 fully saturated rings. The second kappa shape index (κ2) is 7.37. The van der Waals surface area contributed by atoms with Gasteiger partial charge in [-0.2, -0.15) is 0 Å². The predicted molar refractivity (Wildman–Crippen MR) is 76.6 cm³/mol. The number of carbonyl (C=O) groups excluding carboxylic acids is 2. The standard InChI is InChI=1S/C11H21N5O2S/c1-2-8(10(12)19)16-5-3-15(4-6-16)7-9(17)14-11(13)18/h8H,2-7H2,1H3,(H2,12,19)(H3,13,14,17,18). The van der Waals surface area contributed by atoms with Crippen molar-refractivity contribution in [2.75, 3.05) is 32.7 Å². The molecule has 8 heteroatoms. The lowest BCUT2D eigenvalue weighted by molar-refractivity contribution is -0.121. The van der Waals surface area contributed by atoms with Crippen molar-refractivity contribution in [1.29, 1.82) is 0 Å². The molecule has 108 valence electrons. The quantitative estimate of drug-likeness (QED) is 0.552. The van der Waals surface area contributed by atoms with Gasteiger partial charge in [0.1, 0.15) is 0 Å². The number of rotatable bonds is 5. The Kier molecular flexibility index (Phi) is 6.13. The van der Waals surface area contributed by atoms with Crippen molar-refractivity contribution in [1.82, 2.24) is 15.1 Å². The Morgan fingerprint density at radius 2 is 1.84 bits per heavy atom. The molecule has 3 amide bonds. The number of carbonyl (C=O) groups is 2. The number of hydrogen-bond acceptors (Lipinski definition) is 5. The first-order valence-corrected chi connectivity index (χ1v) is 6.69. The van der Waals surface area contributed by atoms with E-state index in [1.165, 1.54) is 0 Å². The highest BCUT2D eigenvalue weighted by molar-refractivity contribution is 7.80. The molecular weight excluding hydrogens is 266 g/mol. The predicted octanol–water partition coefficient (Wildman–Crippen LogP) is -1.14. The number of nitrogens with one attached hydrogen (secondary N) is 1. The third kappa shape index (κ3) is 5.09. The van der Waals surface area contributed by atoms with E-state index in [1.54, 1.807) is 0 Å². The van der Waals surface area contributed by atoms with Crippen LogP contribution in [0.4, 0.5) is 4.79 Å². The van der Waals surface area contributed by atoms with Crippen LogP contribution in [0.1, 0.15) is 13.3 Å². The summed E-state index contributed by atoms with van der Waals surface area (Å²) in [6, 6.07) is -0.695. The number of imide groups is 1. The van der Waals surface area contributed by atoms with Crippen molar-refractivity contribution < 1.29 is 9.59 Å². The summed E-state index contributed by atoms with van der Waals surface area (Å²) in [5.41, 5.74) is 10.6. The Labute approximate surface area is 118 Å². The molecule has 0 aromatic carbocycles. The molecule has 0 aromatic heterocycles. The average molecular weight is 287 g/mol. The maximum Gasteiger partial charge on any atom is 0.318 e. The van der Waals surface area contributed by atoms with E-state index < -0.39 is 6.03 Å². The number of piperazine rings is 1. The molecule has 1 aliphatic heterocycles. The summed E-state index contributed by atoms with van der Waals surface area (Å²) in [4.78, 5) is 26.7. The highest BCUT2D eigenvalue weighted by atomic mass is 32.1. The second-order valence-electron chi connectivity index (χ2n) is 4.55. The van der Waals surface area contributed by atoms with Crippen LogP contribution in [0.3, 0.4) is 0 Å². The summed E-state index contributed by atoms with van der Waals surface area (Å²) in [7, 11) is 0. The molecule has 1 aliphatic rings. The summed E-state index contributed by atoms with van der Waals surface area (Å²) in [6.07, 6.45) is 0.886. The molecule has 1 unspecified atom stereocenters. The maximum atomic E-state index is 11.4. The molecule has 1 heterocycles. The van der Waals surface area contributed by atoms with Gasteiger partial charge in [-0.25, -0.2) is 4.79 Å². The van der Waals surface area contributed by atoms with E-state index in [1.807, 2.05) is 4.90 Å². The first kappa shape index (κ1) is 15.8. The van der Waals surface area contributed by atoms with Gasteiger partial charge in [0.05, 0.1) is 17.6 Å². The molecule has 0 saturated carbocycles. The van der Waals surface area contributed by atoms with Crippen LogP contribution in [0.2, 0.25) is 0 Å². The van der Waals surface area contributed by atoms with Gasteiger partial charge in [0.25, 0.3) is 0 Å². The van der Waals surface area contributed by atoms with Crippen LogP contribution < -0.4 is 16.8 Å². The zero-order valence-corrected chi connectivity index (χ0v) is 11.9. The van der Waals surface area contributed by atoms with Gasteiger partial charge in [-0.15, -0.1) is 0 Å². The number of urea groups is 1. The molecule has 19 heavy (non-hydrogen) atoms. The SMILES string of the molecule is CCC(C(N)=S)N1CCN(CC(=O)NC(N)=O)CC1. The zero-order chi connectivity index (χ0) is 14.4. The third-order valence-corrected chi connectivity index (χ3v) is 3.46. The van der Waals surface area contributed by atoms with Crippen molar-refractivity contribution in [3.8, 4) is 0 Å². The summed E-state index contributed by atoms with van der Waals surface area (Å²) in [6.45, 7) is 5.33. The Morgan fingerprint density at radius 3 is 2.26 bits per heavy atom. The van der Waals surface area contributed by atoms with Gasteiger partial charge in [-0.3, -0.25) is 19.9 Å². The largest absolute Gasteiger partial charge is 0.392 e. The fraction of sp³-hybridized carbons (Fsp3) is 0.727. The van der Waals surface area contributed by atoms with Gasteiger partial charge in [-0.05, 0) is 6.42 Å². The Morgan fingerprint density at radius 1 is 1.26 bits per heavy atom. The zero-order valence-electron chi connectivity index (χ0n) is 11.1. The normalized spacial score (nSPS) is 18.8. The summed E-state index contributed by atoms with van der Waals surface area (Å²) >= 11 is 5.05. The van der Waals surface area contributed by atoms with Crippen molar-refractivity contribution >= 4 is 29.1 Å². The first-order chi connectivity index (χ1) is 8.93. The lowest BCUT2D eigenvalue weighted by atomic mass is 10.1. The van der Waals surface area contributed by atoms with Crippen molar-refractivity contribution in [2.24, 2.45) is 11.5 Å². The monoisotopic (exact) mass is 287 g/mol. The number of amides is 3. The van der Waals surface area contributed by atoms with Crippen LogP contribution in [0.15, 0.2) is 0 Å². The van der Waals surface area contributed by atoms with E-state index >= 15 is 0 Å². The number of nitrogens with two attached hydrogens (primary N) is 2. The van der Waals surface area contributed by atoms with Gasteiger partial charge in [0, 0.05) is 26.2 Å². The number of primary amides is 1. The molecule has 1 saturated heterocycles.